The van der Waals surface area contributed by atoms with Gasteiger partial charge in [0.15, 0.2) is 6.61 Å². The van der Waals surface area contributed by atoms with Crippen molar-refractivity contribution in [3.63, 3.8) is 0 Å². The second-order valence-electron chi connectivity index (χ2n) is 5.68. The first-order valence-electron chi connectivity index (χ1n) is 7.99. The van der Waals surface area contributed by atoms with E-state index >= 15 is 0 Å². The second kappa shape index (κ2) is 9.63. The van der Waals surface area contributed by atoms with E-state index in [1.54, 1.807) is 24.3 Å². The number of nitro benzene ring substituents is 1. The van der Waals surface area contributed by atoms with Crippen molar-refractivity contribution in [2.75, 3.05) is 6.61 Å². The van der Waals surface area contributed by atoms with Crippen molar-refractivity contribution in [2.45, 2.75) is 13.8 Å². The number of allylic oxidation sites excluding steroid dienone is 1. The fourth-order valence-corrected chi connectivity index (χ4v) is 3.00. The molecule has 2 rings (SSSR count). The van der Waals surface area contributed by atoms with Crippen LogP contribution in [0.1, 0.15) is 16.7 Å². The number of hydrazone groups is 1. The lowest BCUT2D eigenvalue weighted by Gasteiger charge is -2.11. The van der Waals surface area contributed by atoms with E-state index in [9.17, 15) is 14.9 Å². The number of aryl methyl sites for hydroxylation is 2. The van der Waals surface area contributed by atoms with Crippen molar-refractivity contribution < 1.29 is 14.5 Å². The van der Waals surface area contributed by atoms with E-state index < -0.39 is 4.92 Å². The van der Waals surface area contributed by atoms with E-state index in [1.807, 2.05) is 26.0 Å². The van der Waals surface area contributed by atoms with Crippen LogP contribution in [0.5, 0.6) is 5.75 Å². The van der Waals surface area contributed by atoms with Gasteiger partial charge < -0.3 is 4.74 Å². The van der Waals surface area contributed by atoms with E-state index in [0.29, 0.717) is 5.75 Å². The summed E-state index contributed by atoms with van der Waals surface area (Å²) in [7, 11) is 0. The van der Waals surface area contributed by atoms with Gasteiger partial charge in [0.25, 0.3) is 11.6 Å². The maximum atomic E-state index is 11.8. The van der Waals surface area contributed by atoms with Gasteiger partial charge in [-0.15, -0.1) is 0 Å². The zero-order chi connectivity index (χ0) is 19.8. The molecule has 0 unspecified atom stereocenters. The van der Waals surface area contributed by atoms with Crippen LogP contribution in [0.3, 0.4) is 0 Å². The number of ether oxygens (including phenoxy) is 1. The molecule has 0 radical (unpaired) electrons. The van der Waals surface area contributed by atoms with Crippen molar-refractivity contribution in [3.05, 3.63) is 73.8 Å². The molecule has 27 heavy (non-hydrogen) atoms. The molecule has 0 saturated heterocycles. The molecule has 0 atom stereocenters. The summed E-state index contributed by atoms with van der Waals surface area (Å²) in [5, 5.41) is 14.4. The van der Waals surface area contributed by atoms with Crippen LogP contribution in [-0.2, 0) is 4.79 Å². The molecule has 2 aromatic rings. The van der Waals surface area contributed by atoms with Gasteiger partial charge in [0.1, 0.15) is 5.75 Å². The Hall–Kier alpha value is -3.00. The summed E-state index contributed by atoms with van der Waals surface area (Å²) in [4.78, 5) is 21.9. The third-order valence-electron chi connectivity index (χ3n) is 3.52. The van der Waals surface area contributed by atoms with Crippen LogP contribution >= 0.6 is 15.9 Å². The fraction of sp³-hybridized carbons (Fsp3) is 0.158. The van der Waals surface area contributed by atoms with Gasteiger partial charge in [-0.1, -0.05) is 22.0 Å². The first-order valence-corrected chi connectivity index (χ1v) is 8.78. The SMILES string of the molecule is Cc1cc(Br)cc(C)c1OCC(=O)N/N=C\C=C\c1ccc([N+](=O)[O-])cc1. The van der Waals surface area contributed by atoms with E-state index in [0.717, 1.165) is 21.2 Å². The van der Waals surface area contributed by atoms with Gasteiger partial charge in [0.05, 0.1) is 4.92 Å². The lowest BCUT2D eigenvalue weighted by Crippen LogP contribution is -2.24. The molecule has 1 amide bonds. The van der Waals surface area contributed by atoms with Crippen LogP contribution in [0.2, 0.25) is 0 Å². The number of carbonyl (C=O) groups is 1. The maximum absolute atomic E-state index is 11.8. The smallest absolute Gasteiger partial charge is 0.277 e. The summed E-state index contributed by atoms with van der Waals surface area (Å²) in [6.45, 7) is 3.67. The molecular weight excluding hydrogens is 414 g/mol. The number of carbonyl (C=O) groups excluding carboxylic acids is 1. The number of benzene rings is 2. The summed E-state index contributed by atoms with van der Waals surface area (Å²) in [6, 6.07) is 9.92. The number of hydrogen-bond acceptors (Lipinski definition) is 5. The van der Waals surface area contributed by atoms with Crippen molar-refractivity contribution in [2.24, 2.45) is 5.10 Å². The van der Waals surface area contributed by atoms with Crippen LogP contribution in [0.25, 0.3) is 6.08 Å². The number of hydrogen-bond donors (Lipinski definition) is 1. The Morgan fingerprint density at radius 3 is 2.48 bits per heavy atom. The third kappa shape index (κ3) is 6.34. The summed E-state index contributed by atoms with van der Waals surface area (Å²) >= 11 is 3.41. The predicted octanol–water partition coefficient (Wildman–Crippen LogP) is 4.17. The molecule has 2 aromatic carbocycles. The minimum absolute atomic E-state index is 0.0318. The van der Waals surface area contributed by atoms with Crippen LogP contribution in [-0.4, -0.2) is 23.7 Å². The van der Waals surface area contributed by atoms with Crippen LogP contribution < -0.4 is 10.2 Å². The molecule has 0 fully saturated rings. The first kappa shape index (κ1) is 20.3. The molecule has 0 aliphatic rings. The minimum atomic E-state index is -0.455. The van der Waals surface area contributed by atoms with Crippen LogP contribution in [0.4, 0.5) is 5.69 Å². The summed E-state index contributed by atoms with van der Waals surface area (Å²) in [5.74, 6) is 0.298. The molecule has 140 valence electrons. The van der Waals surface area contributed by atoms with E-state index in [-0.39, 0.29) is 18.2 Å². The highest BCUT2D eigenvalue weighted by atomic mass is 79.9. The number of non-ortho nitro benzene ring substituents is 1. The molecule has 0 aromatic heterocycles. The molecule has 0 aliphatic carbocycles. The zero-order valence-corrected chi connectivity index (χ0v) is 16.4. The van der Waals surface area contributed by atoms with Crippen molar-refractivity contribution in [1.29, 1.82) is 0 Å². The third-order valence-corrected chi connectivity index (χ3v) is 3.97. The fourth-order valence-electron chi connectivity index (χ4n) is 2.31. The summed E-state index contributed by atoms with van der Waals surface area (Å²) < 4.78 is 6.52. The molecule has 7 nitrogen and oxygen atoms in total. The Balaban J connectivity index is 1.80. The lowest BCUT2D eigenvalue weighted by atomic mass is 10.1. The number of amides is 1. The van der Waals surface area contributed by atoms with E-state index in [1.165, 1.54) is 18.3 Å². The highest BCUT2D eigenvalue weighted by Gasteiger charge is 2.08. The van der Waals surface area contributed by atoms with Crippen molar-refractivity contribution in [3.8, 4) is 5.75 Å². The minimum Gasteiger partial charge on any atom is -0.483 e. The van der Waals surface area contributed by atoms with Gasteiger partial charge in [-0.2, -0.15) is 5.10 Å². The summed E-state index contributed by atoms with van der Waals surface area (Å²) in [6.07, 6.45) is 4.74. The Morgan fingerprint density at radius 1 is 1.26 bits per heavy atom. The number of nitrogens with one attached hydrogen (secondary N) is 1. The number of nitro groups is 1. The molecule has 1 N–H and O–H groups in total. The Kier molecular flexibility index (Phi) is 7.25. The molecule has 0 aliphatic heterocycles. The molecule has 0 bridgehead atoms. The molecule has 0 saturated carbocycles. The van der Waals surface area contributed by atoms with Crippen molar-refractivity contribution in [1.82, 2.24) is 5.43 Å². The van der Waals surface area contributed by atoms with Gasteiger partial charge in [-0.05, 0) is 60.9 Å². The van der Waals surface area contributed by atoms with Crippen LogP contribution in [0, 0.1) is 24.0 Å². The quantitative estimate of drug-likeness (QED) is 0.404. The van der Waals surface area contributed by atoms with E-state index in [2.05, 4.69) is 26.5 Å². The molecule has 0 spiro atoms. The van der Waals surface area contributed by atoms with E-state index in [4.69, 9.17) is 4.74 Å². The van der Waals surface area contributed by atoms with Crippen LogP contribution in [0.15, 0.2) is 52.0 Å². The topological polar surface area (TPSA) is 93.8 Å². The average Bonchev–Trinajstić information content (AvgIpc) is 2.61. The maximum Gasteiger partial charge on any atom is 0.277 e. The molecular formula is C19H18BrN3O4. The number of nitrogens with zero attached hydrogens (tertiary/aromatic N) is 2. The zero-order valence-electron chi connectivity index (χ0n) is 14.8. The molecule has 0 heterocycles. The standard InChI is InChI=1S/C19H18BrN3O4/c1-13-10-16(20)11-14(2)19(13)27-12-18(24)22-21-9-3-4-15-5-7-17(8-6-15)23(25)26/h3-11H,12H2,1-2H3,(H,22,24)/b4-3+,21-9-. The Bertz CT molecular complexity index is 869. The largest absolute Gasteiger partial charge is 0.483 e. The van der Waals surface area contributed by atoms with Crippen molar-refractivity contribution >= 4 is 39.8 Å². The predicted molar refractivity (Wildman–Crippen MR) is 108 cm³/mol. The van der Waals surface area contributed by atoms with Gasteiger partial charge in [0.2, 0.25) is 0 Å². The Morgan fingerprint density at radius 2 is 1.89 bits per heavy atom. The first-order chi connectivity index (χ1) is 12.9. The molecule has 8 heteroatoms. The monoisotopic (exact) mass is 431 g/mol. The van der Waals surface area contributed by atoms with Gasteiger partial charge in [0, 0.05) is 22.8 Å². The van der Waals surface area contributed by atoms with Gasteiger partial charge in [-0.25, -0.2) is 5.43 Å². The highest BCUT2D eigenvalue weighted by molar-refractivity contribution is 9.10. The lowest BCUT2D eigenvalue weighted by molar-refractivity contribution is -0.384. The highest BCUT2D eigenvalue weighted by Crippen LogP contribution is 2.27. The number of rotatable bonds is 7. The average molecular weight is 432 g/mol. The second-order valence-corrected chi connectivity index (χ2v) is 6.59. The van der Waals surface area contributed by atoms with Gasteiger partial charge >= 0.3 is 0 Å². The number of halogens is 1. The van der Waals surface area contributed by atoms with Gasteiger partial charge in [-0.3, -0.25) is 14.9 Å². The summed E-state index contributed by atoms with van der Waals surface area (Å²) in [5.41, 5.74) is 5.05. The Labute approximate surface area is 165 Å². The normalized spacial score (nSPS) is 11.1.